The number of benzene rings is 1. The quantitative estimate of drug-likeness (QED) is 0.401. The molecule has 0 aliphatic carbocycles. The van der Waals surface area contributed by atoms with Crippen molar-refractivity contribution in [2.45, 2.75) is 32.5 Å². The van der Waals surface area contributed by atoms with Crippen LogP contribution in [0.15, 0.2) is 41.2 Å². The molecule has 5 heterocycles. The van der Waals surface area contributed by atoms with Crippen LogP contribution in [0.4, 0.5) is 4.39 Å². The van der Waals surface area contributed by atoms with Gasteiger partial charge in [0, 0.05) is 25.3 Å². The fourth-order valence-corrected chi connectivity index (χ4v) is 4.46. The number of carbonyl (C=O) groups is 1. The minimum absolute atomic E-state index is 0.0836. The fraction of sp³-hybridized carbons (Fsp3) is 0.333. The summed E-state index contributed by atoms with van der Waals surface area (Å²) < 4.78 is 31.6. The molecule has 1 aromatic carbocycles. The first kappa shape index (κ1) is 22.3. The Hall–Kier alpha value is -4.19. The summed E-state index contributed by atoms with van der Waals surface area (Å²) in [5, 5.41) is 12.4. The lowest BCUT2D eigenvalue weighted by molar-refractivity contribution is 0.0587. The minimum Gasteiger partial charge on any atom is -0.471 e. The molecule has 1 fully saturated rings. The highest BCUT2D eigenvalue weighted by atomic mass is 19.1. The third-order valence-electron chi connectivity index (χ3n) is 6.44. The molecule has 3 aromatic heterocycles. The van der Waals surface area contributed by atoms with E-state index in [2.05, 4.69) is 25.3 Å². The van der Waals surface area contributed by atoms with Crippen molar-refractivity contribution in [3.05, 3.63) is 59.6 Å². The second-order valence-electron chi connectivity index (χ2n) is 8.62. The number of amides is 1. The summed E-state index contributed by atoms with van der Waals surface area (Å²) in [5.74, 6) is 1.19. The van der Waals surface area contributed by atoms with E-state index in [0.717, 1.165) is 17.5 Å². The zero-order valence-corrected chi connectivity index (χ0v) is 19.4. The number of ether oxygens (including phenoxy) is 2. The highest BCUT2D eigenvalue weighted by Gasteiger charge is 2.35. The monoisotopic (exact) mass is 491 g/mol. The standard InChI is InChI=1S/C24H22FN7O4/c1-14-18(21(30-36-14)15-2-4-16(25)5-3-15)13-35-20-11-26-19(10-27-20)22-28-29-23-24(33)31(7-8-32(22)23)17-6-9-34-12-17/h2-5,10-11,17H,6-9,12-13H2,1H3. The summed E-state index contributed by atoms with van der Waals surface area (Å²) in [6, 6.07) is 6.09. The lowest BCUT2D eigenvalue weighted by Crippen LogP contribution is -2.47. The van der Waals surface area contributed by atoms with Gasteiger partial charge in [-0.15, -0.1) is 10.2 Å². The fourth-order valence-electron chi connectivity index (χ4n) is 4.46. The molecule has 1 atom stereocenters. The van der Waals surface area contributed by atoms with E-state index in [9.17, 15) is 9.18 Å². The van der Waals surface area contributed by atoms with Gasteiger partial charge in [-0.3, -0.25) is 9.36 Å². The summed E-state index contributed by atoms with van der Waals surface area (Å²) in [7, 11) is 0. The zero-order valence-electron chi connectivity index (χ0n) is 19.4. The molecule has 4 aromatic rings. The van der Waals surface area contributed by atoms with E-state index in [-0.39, 0.29) is 24.4 Å². The van der Waals surface area contributed by atoms with Gasteiger partial charge in [0.15, 0.2) is 5.82 Å². The molecule has 6 rings (SSSR count). The Morgan fingerprint density at radius 1 is 1.11 bits per heavy atom. The molecular formula is C24H22FN7O4. The normalized spacial score (nSPS) is 17.4. The number of halogens is 1. The van der Waals surface area contributed by atoms with Crippen LogP contribution in [-0.4, -0.2) is 66.5 Å². The molecule has 0 bridgehead atoms. The molecule has 12 heteroatoms. The van der Waals surface area contributed by atoms with Crippen LogP contribution in [0, 0.1) is 12.7 Å². The van der Waals surface area contributed by atoms with Crippen molar-refractivity contribution in [1.82, 2.24) is 34.8 Å². The van der Waals surface area contributed by atoms with Gasteiger partial charge in [0.1, 0.15) is 29.6 Å². The van der Waals surface area contributed by atoms with Crippen molar-refractivity contribution < 1.29 is 23.2 Å². The summed E-state index contributed by atoms with van der Waals surface area (Å²) >= 11 is 0. The van der Waals surface area contributed by atoms with Crippen LogP contribution < -0.4 is 4.74 Å². The van der Waals surface area contributed by atoms with Gasteiger partial charge in [-0.05, 0) is 37.6 Å². The summed E-state index contributed by atoms with van der Waals surface area (Å²) in [5.41, 5.74) is 2.52. The van der Waals surface area contributed by atoms with Crippen molar-refractivity contribution >= 4 is 5.91 Å². The maximum absolute atomic E-state index is 13.3. The summed E-state index contributed by atoms with van der Waals surface area (Å²) in [6.07, 6.45) is 3.86. The van der Waals surface area contributed by atoms with Crippen molar-refractivity contribution in [3.8, 4) is 28.7 Å². The second-order valence-corrected chi connectivity index (χ2v) is 8.62. The molecule has 0 saturated carbocycles. The highest BCUT2D eigenvalue weighted by molar-refractivity contribution is 5.92. The van der Waals surface area contributed by atoms with Crippen molar-refractivity contribution in [2.75, 3.05) is 19.8 Å². The van der Waals surface area contributed by atoms with Crippen LogP contribution in [-0.2, 0) is 17.9 Å². The van der Waals surface area contributed by atoms with Crippen LogP contribution in [0.5, 0.6) is 5.88 Å². The zero-order chi connectivity index (χ0) is 24.6. The van der Waals surface area contributed by atoms with Gasteiger partial charge in [-0.1, -0.05) is 5.16 Å². The van der Waals surface area contributed by atoms with Gasteiger partial charge in [0.25, 0.3) is 5.91 Å². The maximum atomic E-state index is 13.3. The molecule has 184 valence electrons. The summed E-state index contributed by atoms with van der Waals surface area (Å²) in [4.78, 5) is 23.5. The molecule has 36 heavy (non-hydrogen) atoms. The van der Waals surface area contributed by atoms with Crippen molar-refractivity contribution in [2.24, 2.45) is 0 Å². The summed E-state index contributed by atoms with van der Waals surface area (Å²) in [6.45, 7) is 4.28. The average Bonchev–Trinajstić information content (AvgIpc) is 3.65. The van der Waals surface area contributed by atoms with Gasteiger partial charge >= 0.3 is 0 Å². The second kappa shape index (κ2) is 9.11. The minimum atomic E-state index is -0.328. The molecule has 0 N–H and O–H groups in total. The first-order chi connectivity index (χ1) is 17.6. The Balaban J connectivity index is 1.17. The van der Waals surface area contributed by atoms with E-state index >= 15 is 0 Å². The molecule has 2 aliphatic heterocycles. The Labute approximate surface area is 204 Å². The SMILES string of the molecule is Cc1onc(-c2ccc(F)cc2)c1COc1cnc(-c2nnc3n2CCN(C2CCOC2)C3=O)cn1. The molecule has 0 spiro atoms. The predicted octanol–water partition coefficient (Wildman–Crippen LogP) is 2.66. The van der Waals surface area contributed by atoms with E-state index in [1.807, 2.05) is 4.90 Å². The van der Waals surface area contributed by atoms with Gasteiger partial charge < -0.3 is 18.9 Å². The smallest absolute Gasteiger partial charge is 0.292 e. The highest BCUT2D eigenvalue weighted by Crippen LogP contribution is 2.27. The van der Waals surface area contributed by atoms with Crippen LogP contribution in [0.2, 0.25) is 0 Å². The van der Waals surface area contributed by atoms with Crippen LogP contribution in [0.1, 0.15) is 28.4 Å². The first-order valence-electron chi connectivity index (χ1n) is 11.6. The number of hydrogen-bond donors (Lipinski definition) is 0. The third kappa shape index (κ3) is 3.98. The number of rotatable bonds is 6. The molecule has 11 nitrogen and oxygen atoms in total. The number of nitrogens with zero attached hydrogens (tertiary/aromatic N) is 7. The largest absolute Gasteiger partial charge is 0.471 e. The molecule has 0 radical (unpaired) electrons. The van der Waals surface area contributed by atoms with Gasteiger partial charge in [-0.2, -0.15) is 0 Å². The molecule has 2 aliphatic rings. The van der Waals surface area contributed by atoms with E-state index < -0.39 is 0 Å². The Kier molecular flexibility index (Phi) is 5.64. The van der Waals surface area contributed by atoms with Crippen molar-refractivity contribution in [3.63, 3.8) is 0 Å². The van der Waals surface area contributed by atoms with E-state index in [0.29, 0.717) is 61.0 Å². The lowest BCUT2D eigenvalue weighted by atomic mass is 10.1. The Morgan fingerprint density at radius 2 is 1.94 bits per heavy atom. The maximum Gasteiger partial charge on any atom is 0.292 e. The molecular weight excluding hydrogens is 469 g/mol. The average molecular weight is 491 g/mol. The van der Waals surface area contributed by atoms with Crippen LogP contribution >= 0.6 is 0 Å². The topological polar surface area (TPSA) is 121 Å². The predicted molar refractivity (Wildman–Crippen MR) is 122 cm³/mol. The van der Waals surface area contributed by atoms with Gasteiger partial charge in [0.2, 0.25) is 11.7 Å². The van der Waals surface area contributed by atoms with E-state index in [1.54, 1.807) is 23.6 Å². The van der Waals surface area contributed by atoms with Crippen molar-refractivity contribution in [1.29, 1.82) is 0 Å². The van der Waals surface area contributed by atoms with Crippen LogP contribution in [0.25, 0.3) is 22.8 Å². The van der Waals surface area contributed by atoms with Crippen LogP contribution in [0.3, 0.4) is 0 Å². The number of hydrogen-bond acceptors (Lipinski definition) is 9. The molecule has 1 unspecified atom stereocenters. The first-order valence-corrected chi connectivity index (χ1v) is 11.6. The van der Waals surface area contributed by atoms with E-state index in [4.69, 9.17) is 14.0 Å². The van der Waals surface area contributed by atoms with Gasteiger partial charge in [-0.25, -0.2) is 14.4 Å². The molecule has 1 saturated heterocycles. The third-order valence-corrected chi connectivity index (χ3v) is 6.44. The number of aryl methyl sites for hydroxylation is 1. The number of fused-ring (bicyclic) bond motifs is 1. The Bertz CT molecular complexity index is 1400. The van der Waals surface area contributed by atoms with Gasteiger partial charge in [0.05, 0.1) is 30.6 Å². The lowest BCUT2D eigenvalue weighted by Gasteiger charge is -2.31. The molecule has 1 amide bonds. The number of aromatic nitrogens is 6. The van der Waals surface area contributed by atoms with E-state index in [1.165, 1.54) is 24.5 Å². The Morgan fingerprint density at radius 3 is 2.69 bits per heavy atom. The number of carbonyl (C=O) groups excluding carboxylic acids is 1.